The summed E-state index contributed by atoms with van der Waals surface area (Å²) in [6, 6.07) is 8.49. The molecule has 0 atom stereocenters. The van der Waals surface area contributed by atoms with Gasteiger partial charge in [-0.2, -0.15) is 0 Å². The third-order valence-electron chi connectivity index (χ3n) is 12.2. The minimum absolute atomic E-state index is 0.523. The molecule has 2 aliphatic carbocycles. The van der Waals surface area contributed by atoms with Crippen molar-refractivity contribution >= 4 is 50.3 Å². The molecule has 0 aromatic rings. The SMILES string of the molecule is CC1(C)OB(c2cc(B3OC(C)(C)C(C)(C)O3)cc3c(B4OC(C)(C)C(C)(C)O4)cc(B4OC(C)(C)C(C)(C)O4)c-3c2)OC1(C)C. The van der Waals surface area contributed by atoms with E-state index in [1.807, 2.05) is 0 Å². The molecule has 4 aliphatic heterocycles. The third-order valence-corrected chi connectivity index (χ3v) is 12.2. The Labute approximate surface area is 278 Å². The maximum absolute atomic E-state index is 6.65. The van der Waals surface area contributed by atoms with Crippen molar-refractivity contribution in [3.63, 3.8) is 0 Å². The third kappa shape index (κ3) is 5.25. The highest BCUT2D eigenvalue weighted by molar-refractivity contribution is 6.71. The monoisotopic (exact) mass is 632 g/mol. The first kappa shape index (κ1) is 34.5. The molecule has 0 bridgehead atoms. The van der Waals surface area contributed by atoms with Gasteiger partial charge in [-0.25, -0.2) is 0 Å². The molecule has 6 aliphatic rings. The highest BCUT2D eigenvalue weighted by atomic mass is 16.7. The van der Waals surface area contributed by atoms with E-state index in [1.165, 1.54) is 0 Å². The summed E-state index contributed by atoms with van der Waals surface area (Å²) in [6.07, 6.45) is 0. The first-order chi connectivity index (χ1) is 20.7. The maximum Gasteiger partial charge on any atom is 0.495 e. The lowest BCUT2D eigenvalue weighted by Gasteiger charge is -2.32. The Morgan fingerprint density at radius 1 is 0.304 bits per heavy atom. The van der Waals surface area contributed by atoms with E-state index in [4.69, 9.17) is 37.2 Å². The first-order valence-electron chi connectivity index (χ1n) is 16.7. The van der Waals surface area contributed by atoms with E-state index in [-0.39, 0.29) is 0 Å². The van der Waals surface area contributed by atoms with Crippen LogP contribution in [0.1, 0.15) is 111 Å². The van der Waals surface area contributed by atoms with Crippen molar-refractivity contribution in [1.82, 2.24) is 0 Å². The quantitative estimate of drug-likeness (QED) is 0.470. The Morgan fingerprint density at radius 2 is 0.522 bits per heavy atom. The average Bonchev–Trinajstić information content (AvgIpc) is 3.47. The summed E-state index contributed by atoms with van der Waals surface area (Å²) in [5, 5.41) is 0. The van der Waals surface area contributed by atoms with Crippen LogP contribution in [0, 0.1) is 0 Å². The van der Waals surface area contributed by atoms with Crippen molar-refractivity contribution in [1.29, 1.82) is 0 Å². The number of hydrogen-bond donors (Lipinski definition) is 0. The van der Waals surface area contributed by atoms with Crippen LogP contribution in [0.3, 0.4) is 0 Å². The van der Waals surface area contributed by atoms with E-state index < -0.39 is 73.3 Å². The van der Waals surface area contributed by atoms with E-state index in [9.17, 15) is 0 Å². The van der Waals surface area contributed by atoms with Crippen molar-refractivity contribution in [2.45, 2.75) is 156 Å². The summed E-state index contributed by atoms with van der Waals surface area (Å²) in [5.41, 5.74) is 1.19. The van der Waals surface area contributed by atoms with Crippen LogP contribution in [-0.2, 0) is 37.2 Å². The van der Waals surface area contributed by atoms with Gasteiger partial charge in [0.1, 0.15) is 0 Å². The van der Waals surface area contributed by atoms with E-state index >= 15 is 0 Å². The van der Waals surface area contributed by atoms with Gasteiger partial charge in [0.05, 0.1) is 44.8 Å². The summed E-state index contributed by atoms with van der Waals surface area (Å²) in [7, 11) is -2.47. The van der Waals surface area contributed by atoms with Gasteiger partial charge < -0.3 is 37.2 Å². The second-order valence-corrected chi connectivity index (χ2v) is 17.7. The Kier molecular flexibility index (Phi) is 7.57. The summed E-state index contributed by atoms with van der Waals surface area (Å²) < 4.78 is 53.1. The molecule has 4 saturated heterocycles. The van der Waals surface area contributed by atoms with Gasteiger partial charge in [-0.3, -0.25) is 0 Å². The molecule has 4 fully saturated rings. The van der Waals surface area contributed by atoms with E-state index in [2.05, 4.69) is 135 Å². The minimum atomic E-state index is -0.622. The van der Waals surface area contributed by atoms with Gasteiger partial charge in [0.2, 0.25) is 0 Å². The number of fused-ring (bicyclic) bond motifs is 1. The van der Waals surface area contributed by atoms with Gasteiger partial charge in [-0.05, 0) is 144 Å². The molecule has 0 amide bonds. The molecule has 0 spiro atoms. The predicted octanol–water partition coefficient (Wildman–Crippen LogP) is 3.99. The maximum atomic E-state index is 6.65. The van der Waals surface area contributed by atoms with Crippen molar-refractivity contribution in [2.24, 2.45) is 0 Å². The van der Waals surface area contributed by atoms with E-state index in [0.717, 1.165) is 33.0 Å². The van der Waals surface area contributed by atoms with Crippen LogP contribution in [0.5, 0.6) is 0 Å². The molecule has 248 valence electrons. The van der Waals surface area contributed by atoms with Gasteiger partial charge in [0.15, 0.2) is 0 Å². The van der Waals surface area contributed by atoms with E-state index in [0.29, 0.717) is 0 Å². The highest BCUT2D eigenvalue weighted by Crippen LogP contribution is 2.42. The van der Waals surface area contributed by atoms with Gasteiger partial charge in [-0.15, -0.1) is 0 Å². The second kappa shape index (κ2) is 10.1. The molecular formula is C34H52B4O8. The van der Waals surface area contributed by atoms with Crippen LogP contribution in [0.2, 0.25) is 0 Å². The lowest BCUT2D eigenvalue weighted by atomic mass is 9.73. The van der Waals surface area contributed by atoms with Gasteiger partial charge in [0.25, 0.3) is 0 Å². The number of rotatable bonds is 4. The zero-order valence-corrected chi connectivity index (χ0v) is 30.9. The van der Waals surface area contributed by atoms with Gasteiger partial charge in [-0.1, -0.05) is 24.3 Å². The van der Waals surface area contributed by atoms with Crippen LogP contribution in [0.15, 0.2) is 24.3 Å². The molecule has 46 heavy (non-hydrogen) atoms. The standard InChI is InChI=1S/C34H52B4O8/c1-27(2)28(3,4)40-35(39-27)21-17-22(36-41-29(5,6)30(7,8)42-36)19-24-23(18-21)25(37-43-31(9,10)32(11,12)44-37)20-26(24)38-45-33(13,14)34(15,16)46-38/h17-20H,1-16H3. The average molecular weight is 632 g/mol. The first-order valence-corrected chi connectivity index (χ1v) is 16.7. The largest absolute Gasteiger partial charge is 0.495 e. The Hall–Kier alpha value is -1.36. The van der Waals surface area contributed by atoms with Crippen molar-refractivity contribution in [3.8, 4) is 11.1 Å². The van der Waals surface area contributed by atoms with Crippen molar-refractivity contribution in [3.05, 3.63) is 24.3 Å². The molecule has 12 heteroatoms. The highest BCUT2D eigenvalue weighted by Gasteiger charge is 2.57. The summed E-state index contributed by atoms with van der Waals surface area (Å²) in [5.74, 6) is 0. The zero-order valence-electron chi connectivity index (χ0n) is 30.9. The fraction of sp³-hybridized carbons (Fsp3) is 0.706. The zero-order chi connectivity index (χ0) is 34.3. The smallest absolute Gasteiger partial charge is 0.399 e. The molecule has 0 aromatic carbocycles. The lowest BCUT2D eigenvalue weighted by molar-refractivity contribution is 0.00578. The molecule has 0 aromatic heterocycles. The molecular weight excluding hydrogens is 580 g/mol. The summed E-state index contributed by atoms with van der Waals surface area (Å²) in [4.78, 5) is 0. The predicted molar refractivity (Wildman–Crippen MR) is 186 cm³/mol. The van der Waals surface area contributed by atoms with Crippen LogP contribution in [-0.4, -0.2) is 73.3 Å². The second-order valence-electron chi connectivity index (χ2n) is 17.7. The Morgan fingerprint density at radius 3 is 0.761 bits per heavy atom. The fourth-order valence-corrected chi connectivity index (χ4v) is 6.13. The van der Waals surface area contributed by atoms with Crippen LogP contribution in [0.4, 0.5) is 0 Å². The van der Waals surface area contributed by atoms with Crippen LogP contribution >= 0.6 is 0 Å². The molecule has 8 nitrogen and oxygen atoms in total. The Bertz CT molecular complexity index is 1340. The lowest BCUT2D eigenvalue weighted by Crippen LogP contribution is -2.41. The van der Waals surface area contributed by atoms with E-state index in [1.54, 1.807) is 0 Å². The van der Waals surface area contributed by atoms with Gasteiger partial charge >= 0.3 is 28.5 Å². The normalized spacial score (nSPS) is 28.1. The minimum Gasteiger partial charge on any atom is -0.399 e. The fourth-order valence-electron chi connectivity index (χ4n) is 6.13. The molecule has 4 heterocycles. The molecule has 6 rings (SSSR count). The number of hydrogen-bond acceptors (Lipinski definition) is 8. The molecule has 0 unspecified atom stereocenters. The molecule has 0 N–H and O–H groups in total. The van der Waals surface area contributed by atoms with Crippen LogP contribution in [0.25, 0.3) is 11.1 Å². The Balaban J connectivity index is 1.58. The topological polar surface area (TPSA) is 73.8 Å². The molecule has 0 radical (unpaired) electrons. The van der Waals surface area contributed by atoms with Crippen LogP contribution < -0.4 is 21.9 Å². The summed E-state index contributed by atoms with van der Waals surface area (Å²) in [6.45, 7) is 33.1. The summed E-state index contributed by atoms with van der Waals surface area (Å²) >= 11 is 0. The van der Waals surface area contributed by atoms with Crippen molar-refractivity contribution < 1.29 is 37.2 Å². The van der Waals surface area contributed by atoms with Crippen molar-refractivity contribution in [2.75, 3.05) is 0 Å². The van der Waals surface area contributed by atoms with Gasteiger partial charge in [0, 0.05) is 0 Å². The molecule has 0 saturated carbocycles.